The summed E-state index contributed by atoms with van der Waals surface area (Å²) in [6.07, 6.45) is 4.42. The van der Waals surface area contributed by atoms with Gasteiger partial charge in [-0.25, -0.2) is 4.57 Å². The van der Waals surface area contributed by atoms with Crippen LogP contribution in [0.3, 0.4) is 0 Å². The Labute approximate surface area is 157 Å². The molecule has 27 heavy (non-hydrogen) atoms. The molecule has 1 aromatic heterocycles. The Kier molecular flexibility index (Phi) is 3.00. The van der Waals surface area contributed by atoms with Crippen molar-refractivity contribution in [3.63, 3.8) is 0 Å². The van der Waals surface area contributed by atoms with Crippen LogP contribution in [-0.2, 0) is 6.54 Å². The van der Waals surface area contributed by atoms with Gasteiger partial charge in [-0.2, -0.15) is 0 Å². The Morgan fingerprint density at radius 3 is 2.04 bits per heavy atom. The zero-order valence-electron chi connectivity index (χ0n) is 14.9. The number of nitrogens with zero attached hydrogens (tertiary/aromatic N) is 1. The highest BCUT2D eigenvalue weighted by Crippen LogP contribution is 2.35. The lowest BCUT2D eigenvalue weighted by atomic mass is 9.92. The van der Waals surface area contributed by atoms with E-state index in [0.29, 0.717) is 0 Å². The standard InChI is InChI=1S/C26H18N/c1-2-5-22-16-27(15-14-18(22)4-1)17-23-11-10-21-9-8-19-6-3-7-20-12-13-24(23)26(21)25(19)20/h1-16H,17H2/q+1. The molecule has 5 aromatic carbocycles. The molecular weight excluding hydrogens is 326 g/mol. The van der Waals surface area contributed by atoms with E-state index in [2.05, 4.69) is 102 Å². The van der Waals surface area contributed by atoms with Gasteiger partial charge in [0.25, 0.3) is 0 Å². The summed E-state index contributed by atoms with van der Waals surface area (Å²) in [7, 11) is 0. The van der Waals surface area contributed by atoms with E-state index in [9.17, 15) is 0 Å². The van der Waals surface area contributed by atoms with Crippen LogP contribution in [0.5, 0.6) is 0 Å². The largest absolute Gasteiger partial charge is 0.200 e. The maximum absolute atomic E-state index is 2.29. The highest BCUT2D eigenvalue weighted by atomic mass is 14.9. The van der Waals surface area contributed by atoms with Crippen LogP contribution in [0.25, 0.3) is 43.1 Å². The number of hydrogen-bond donors (Lipinski definition) is 0. The number of rotatable bonds is 2. The molecule has 126 valence electrons. The van der Waals surface area contributed by atoms with Crippen LogP contribution in [0.15, 0.2) is 97.3 Å². The smallest absolute Gasteiger partial charge is 0.176 e. The van der Waals surface area contributed by atoms with Crippen molar-refractivity contribution < 1.29 is 4.57 Å². The van der Waals surface area contributed by atoms with Crippen LogP contribution in [0.1, 0.15) is 5.56 Å². The Hall–Kier alpha value is -3.45. The normalized spacial score (nSPS) is 11.9. The predicted molar refractivity (Wildman–Crippen MR) is 113 cm³/mol. The molecule has 6 rings (SSSR count). The van der Waals surface area contributed by atoms with Gasteiger partial charge in [0, 0.05) is 17.0 Å². The second-order valence-corrected chi connectivity index (χ2v) is 7.33. The maximum Gasteiger partial charge on any atom is 0.176 e. The fraction of sp³-hybridized carbons (Fsp3) is 0.0385. The van der Waals surface area contributed by atoms with Gasteiger partial charge in [0.05, 0.1) is 0 Å². The van der Waals surface area contributed by atoms with E-state index in [-0.39, 0.29) is 0 Å². The summed E-state index contributed by atoms with van der Waals surface area (Å²) >= 11 is 0. The average molecular weight is 344 g/mol. The van der Waals surface area contributed by atoms with Crippen molar-refractivity contribution in [3.05, 3.63) is 103 Å². The Morgan fingerprint density at radius 2 is 1.19 bits per heavy atom. The monoisotopic (exact) mass is 344 g/mol. The number of fused-ring (bicyclic) bond motifs is 1. The van der Waals surface area contributed by atoms with Crippen LogP contribution in [0.2, 0.25) is 0 Å². The molecule has 0 saturated heterocycles. The molecule has 0 N–H and O–H groups in total. The van der Waals surface area contributed by atoms with Crippen molar-refractivity contribution >= 4 is 43.1 Å². The van der Waals surface area contributed by atoms with Gasteiger partial charge in [-0.05, 0) is 43.8 Å². The van der Waals surface area contributed by atoms with E-state index in [1.807, 2.05) is 0 Å². The summed E-state index contributed by atoms with van der Waals surface area (Å²) in [5.41, 5.74) is 1.36. The summed E-state index contributed by atoms with van der Waals surface area (Å²) in [6.45, 7) is 0.874. The third-order valence-electron chi connectivity index (χ3n) is 5.72. The van der Waals surface area contributed by atoms with Crippen LogP contribution in [-0.4, -0.2) is 0 Å². The zero-order chi connectivity index (χ0) is 17.8. The molecule has 6 aromatic rings. The topological polar surface area (TPSA) is 3.88 Å². The Morgan fingerprint density at radius 1 is 0.519 bits per heavy atom. The molecule has 0 aliphatic heterocycles. The van der Waals surface area contributed by atoms with Gasteiger partial charge in [0.15, 0.2) is 18.9 Å². The number of hydrogen-bond acceptors (Lipinski definition) is 0. The van der Waals surface area contributed by atoms with Gasteiger partial charge in [0.1, 0.15) is 0 Å². The highest BCUT2D eigenvalue weighted by Gasteiger charge is 2.13. The molecule has 0 amide bonds. The average Bonchev–Trinajstić information content (AvgIpc) is 2.73. The molecule has 0 bridgehead atoms. The van der Waals surface area contributed by atoms with Gasteiger partial charge >= 0.3 is 0 Å². The summed E-state index contributed by atoms with van der Waals surface area (Å²) in [4.78, 5) is 0. The lowest BCUT2D eigenvalue weighted by Crippen LogP contribution is -2.33. The molecule has 0 spiro atoms. The van der Waals surface area contributed by atoms with Gasteiger partial charge in [-0.15, -0.1) is 0 Å². The quantitative estimate of drug-likeness (QED) is 0.265. The SMILES string of the molecule is c1ccc2c[n+](Cc3ccc4ccc5cccc6ccc3c4c56)ccc2c1. The second-order valence-electron chi connectivity index (χ2n) is 7.33. The lowest BCUT2D eigenvalue weighted by molar-refractivity contribution is -0.686. The first-order chi connectivity index (χ1) is 13.4. The first kappa shape index (κ1) is 14.7. The zero-order valence-corrected chi connectivity index (χ0v) is 14.9. The summed E-state index contributed by atoms with van der Waals surface area (Å²) < 4.78 is 2.29. The van der Waals surface area contributed by atoms with Crippen molar-refractivity contribution in [2.75, 3.05) is 0 Å². The van der Waals surface area contributed by atoms with Crippen molar-refractivity contribution in [2.24, 2.45) is 0 Å². The van der Waals surface area contributed by atoms with E-state index in [0.717, 1.165) is 6.54 Å². The molecule has 0 fully saturated rings. The first-order valence-electron chi connectivity index (χ1n) is 9.40. The van der Waals surface area contributed by atoms with Gasteiger partial charge in [0.2, 0.25) is 0 Å². The summed E-state index contributed by atoms with van der Waals surface area (Å²) in [6, 6.07) is 30.9. The second kappa shape index (κ2) is 5.52. The summed E-state index contributed by atoms with van der Waals surface area (Å²) in [5, 5.41) is 10.7. The molecule has 1 nitrogen and oxygen atoms in total. The van der Waals surface area contributed by atoms with Crippen LogP contribution >= 0.6 is 0 Å². The fourth-order valence-corrected chi connectivity index (χ4v) is 4.41. The lowest BCUT2D eigenvalue weighted by Gasteiger charge is -2.12. The minimum atomic E-state index is 0.874. The number of aromatic nitrogens is 1. The van der Waals surface area contributed by atoms with E-state index < -0.39 is 0 Å². The first-order valence-corrected chi connectivity index (χ1v) is 9.40. The van der Waals surface area contributed by atoms with E-state index in [1.165, 1.54) is 48.7 Å². The third kappa shape index (κ3) is 2.22. The summed E-state index contributed by atoms with van der Waals surface area (Å²) in [5.74, 6) is 0. The van der Waals surface area contributed by atoms with E-state index in [4.69, 9.17) is 0 Å². The Bertz CT molecular complexity index is 1430. The van der Waals surface area contributed by atoms with E-state index in [1.54, 1.807) is 0 Å². The predicted octanol–water partition coefficient (Wildman–Crippen LogP) is 6.07. The molecule has 0 unspecified atom stereocenters. The molecule has 1 heteroatoms. The molecule has 0 atom stereocenters. The molecule has 0 aliphatic rings. The van der Waals surface area contributed by atoms with Crippen LogP contribution < -0.4 is 4.57 Å². The molecule has 0 saturated carbocycles. The minimum absolute atomic E-state index is 0.874. The van der Waals surface area contributed by atoms with Gasteiger partial charge in [-0.3, -0.25) is 0 Å². The van der Waals surface area contributed by atoms with Crippen LogP contribution in [0, 0.1) is 0 Å². The Balaban J connectivity index is 1.58. The maximum atomic E-state index is 2.29. The molecule has 1 heterocycles. The van der Waals surface area contributed by atoms with Crippen molar-refractivity contribution in [2.45, 2.75) is 6.54 Å². The van der Waals surface area contributed by atoms with Crippen molar-refractivity contribution in [1.29, 1.82) is 0 Å². The van der Waals surface area contributed by atoms with E-state index >= 15 is 0 Å². The van der Waals surface area contributed by atoms with Crippen LogP contribution in [0.4, 0.5) is 0 Å². The molecular formula is C26H18N+. The van der Waals surface area contributed by atoms with Crippen molar-refractivity contribution in [3.8, 4) is 0 Å². The third-order valence-corrected chi connectivity index (χ3v) is 5.72. The van der Waals surface area contributed by atoms with Crippen molar-refractivity contribution in [1.82, 2.24) is 0 Å². The fourth-order valence-electron chi connectivity index (χ4n) is 4.41. The molecule has 0 radical (unpaired) electrons. The molecule has 0 aliphatic carbocycles. The number of benzene rings is 5. The van der Waals surface area contributed by atoms with Gasteiger partial charge < -0.3 is 0 Å². The minimum Gasteiger partial charge on any atom is -0.200 e. The van der Waals surface area contributed by atoms with Gasteiger partial charge in [-0.1, -0.05) is 72.8 Å². The number of pyridine rings is 1. The highest BCUT2D eigenvalue weighted by molar-refractivity contribution is 6.23.